The molecular weight excluding hydrogens is 749 g/mol. The monoisotopic (exact) mass is 782 g/mol. The maximum Gasteiger partial charge on any atom is 0.138 e. The molecule has 10 aromatic carbocycles. The molecule has 0 aliphatic rings. The highest BCUT2D eigenvalue weighted by atomic mass is 32.1. The van der Waals surface area contributed by atoms with Gasteiger partial charge in [0.1, 0.15) is 11.2 Å². The minimum atomic E-state index is 0.874. The summed E-state index contributed by atoms with van der Waals surface area (Å²) in [6.07, 6.45) is 0. The fourth-order valence-electron chi connectivity index (χ4n) is 9.81. The second-order valence-corrected chi connectivity index (χ2v) is 16.7. The molecule has 0 amide bonds. The smallest absolute Gasteiger partial charge is 0.138 e. The summed E-state index contributed by atoms with van der Waals surface area (Å²) in [7, 11) is 0. The van der Waals surface area contributed by atoms with Gasteiger partial charge in [0.2, 0.25) is 0 Å². The predicted octanol–water partition coefficient (Wildman–Crippen LogP) is 16.5. The van der Waals surface area contributed by atoms with E-state index in [-0.39, 0.29) is 0 Å². The van der Waals surface area contributed by atoms with Gasteiger partial charge in [-0.15, -0.1) is 11.3 Å². The maximum absolute atomic E-state index is 6.83. The predicted molar refractivity (Wildman–Crippen MR) is 256 cm³/mol. The van der Waals surface area contributed by atoms with E-state index in [0.717, 1.165) is 55.7 Å². The topological polar surface area (TPSA) is 21.3 Å². The molecule has 0 bridgehead atoms. The van der Waals surface area contributed by atoms with Gasteiger partial charge >= 0.3 is 0 Å². The number of hydrogen-bond donors (Lipinski definition) is 0. The van der Waals surface area contributed by atoms with Crippen molar-refractivity contribution in [2.24, 2.45) is 0 Å². The molecule has 0 fully saturated rings. The van der Waals surface area contributed by atoms with E-state index in [1.54, 1.807) is 0 Å². The van der Waals surface area contributed by atoms with E-state index in [9.17, 15) is 0 Å². The molecule has 0 unspecified atom stereocenters. The summed E-state index contributed by atoms with van der Waals surface area (Å²) >= 11 is 1.86. The molecule has 3 heterocycles. The van der Waals surface area contributed by atoms with Crippen molar-refractivity contribution in [3.05, 3.63) is 206 Å². The Morgan fingerprint density at radius 3 is 1.95 bits per heavy atom. The van der Waals surface area contributed by atoms with Crippen molar-refractivity contribution >= 4 is 114 Å². The average molecular weight is 783 g/mol. The fourth-order valence-corrected chi connectivity index (χ4v) is 11.0. The van der Waals surface area contributed by atoms with Gasteiger partial charge in [-0.25, -0.2) is 0 Å². The van der Waals surface area contributed by atoms with Crippen molar-refractivity contribution in [3.63, 3.8) is 0 Å². The SMILES string of the molecule is c1ccc(N(c2ccc3c(c2)c2c(-c4cc5ccccc5c5ccccc45)c4c(cc2n3-c2ccccc2)oc2ccccc24)c2cccc3c2sc2ccccc23)cc1. The van der Waals surface area contributed by atoms with Crippen molar-refractivity contribution in [1.29, 1.82) is 0 Å². The van der Waals surface area contributed by atoms with E-state index in [4.69, 9.17) is 4.42 Å². The Morgan fingerprint density at radius 1 is 0.417 bits per heavy atom. The average Bonchev–Trinajstić information content (AvgIpc) is 3.98. The Balaban J connectivity index is 1.21. The Morgan fingerprint density at radius 2 is 1.10 bits per heavy atom. The maximum atomic E-state index is 6.83. The summed E-state index contributed by atoms with van der Waals surface area (Å²) in [5.74, 6) is 0. The second kappa shape index (κ2) is 12.9. The van der Waals surface area contributed by atoms with Gasteiger partial charge in [-0.05, 0) is 93.8 Å². The van der Waals surface area contributed by atoms with Gasteiger partial charge in [0.15, 0.2) is 0 Å². The van der Waals surface area contributed by atoms with E-state index in [1.165, 1.54) is 63.6 Å². The molecule has 3 nitrogen and oxygen atoms in total. The van der Waals surface area contributed by atoms with Crippen LogP contribution >= 0.6 is 11.3 Å². The molecule has 0 radical (unpaired) electrons. The first-order valence-corrected chi connectivity index (χ1v) is 21.2. The molecule has 0 spiro atoms. The number of fused-ring (bicyclic) bond motifs is 12. The molecule has 0 aliphatic carbocycles. The van der Waals surface area contributed by atoms with Gasteiger partial charge in [0.25, 0.3) is 0 Å². The van der Waals surface area contributed by atoms with Gasteiger partial charge in [0.05, 0.1) is 21.4 Å². The zero-order valence-electron chi connectivity index (χ0n) is 32.3. The van der Waals surface area contributed by atoms with Gasteiger partial charge in [0, 0.05) is 65.7 Å². The van der Waals surface area contributed by atoms with E-state index < -0.39 is 0 Å². The van der Waals surface area contributed by atoms with Crippen LogP contribution in [-0.2, 0) is 0 Å². The van der Waals surface area contributed by atoms with Crippen molar-refractivity contribution in [2.45, 2.75) is 0 Å². The number of anilines is 3. The number of nitrogens with zero attached hydrogens (tertiary/aromatic N) is 2. The second-order valence-electron chi connectivity index (χ2n) is 15.6. The number of aromatic nitrogens is 1. The number of thiophene rings is 1. The van der Waals surface area contributed by atoms with Crippen molar-refractivity contribution < 1.29 is 4.42 Å². The minimum absolute atomic E-state index is 0.874. The standard InChI is InChI=1S/C56H34N2OS/c1-3-17-36(18-4-1)57(48-27-15-26-43-42-24-12-14-29-52(42)60-56(43)48)38-30-31-47-46(33-38)53-49(58(47)37-19-5-2-6-20-37)34-51-54(44-25-11-13-28-50(44)59-51)55(53)45-32-35-16-7-8-21-39(35)40-22-9-10-23-41(40)45/h1-34H. The highest BCUT2D eigenvalue weighted by molar-refractivity contribution is 7.26. The van der Waals surface area contributed by atoms with Crippen molar-refractivity contribution in [1.82, 2.24) is 4.57 Å². The quantitative estimate of drug-likeness (QED) is 0.162. The third-order valence-electron chi connectivity index (χ3n) is 12.3. The molecule has 0 N–H and O–H groups in total. The molecule has 0 aliphatic heterocycles. The lowest BCUT2D eigenvalue weighted by atomic mass is 9.88. The van der Waals surface area contributed by atoms with Gasteiger partial charge < -0.3 is 13.9 Å². The van der Waals surface area contributed by atoms with E-state index >= 15 is 0 Å². The van der Waals surface area contributed by atoms with Crippen LogP contribution in [0.4, 0.5) is 17.1 Å². The summed E-state index contributed by atoms with van der Waals surface area (Å²) in [4.78, 5) is 2.44. The third kappa shape index (κ3) is 4.83. The normalized spacial score (nSPS) is 12.0. The van der Waals surface area contributed by atoms with Crippen LogP contribution in [0.2, 0.25) is 0 Å². The highest BCUT2D eigenvalue weighted by Crippen LogP contribution is 2.51. The minimum Gasteiger partial charge on any atom is -0.456 e. The molecule has 0 saturated heterocycles. The molecule has 4 heteroatoms. The first kappa shape index (κ1) is 33.3. The van der Waals surface area contributed by atoms with Crippen LogP contribution in [0.3, 0.4) is 0 Å². The largest absolute Gasteiger partial charge is 0.456 e. The number of para-hydroxylation sites is 3. The van der Waals surface area contributed by atoms with Crippen LogP contribution in [0.25, 0.3) is 102 Å². The first-order valence-electron chi connectivity index (χ1n) is 20.4. The molecule has 13 aromatic rings. The lowest BCUT2D eigenvalue weighted by Gasteiger charge is -2.26. The molecule has 13 rings (SSSR count). The van der Waals surface area contributed by atoms with Crippen LogP contribution < -0.4 is 4.90 Å². The number of furan rings is 1. The Bertz CT molecular complexity index is 3840. The molecular formula is C56H34N2OS. The van der Waals surface area contributed by atoms with E-state index in [2.05, 4.69) is 216 Å². The highest BCUT2D eigenvalue weighted by Gasteiger charge is 2.26. The summed E-state index contributed by atoms with van der Waals surface area (Å²) in [5, 5.41) is 12.1. The lowest BCUT2D eigenvalue weighted by molar-refractivity contribution is 0.669. The van der Waals surface area contributed by atoms with Crippen molar-refractivity contribution in [3.8, 4) is 16.8 Å². The Kier molecular flexibility index (Phi) is 7.18. The van der Waals surface area contributed by atoms with Gasteiger partial charge in [-0.2, -0.15) is 0 Å². The Hall–Kier alpha value is -7.66. The number of benzene rings is 10. The molecule has 60 heavy (non-hydrogen) atoms. The summed E-state index contributed by atoms with van der Waals surface area (Å²) in [6.45, 7) is 0. The number of rotatable bonds is 5. The zero-order valence-corrected chi connectivity index (χ0v) is 33.2. The van der Waals surface area contributed by atoms with E-state index in [0.29, 0.717) is 0 Å². The van der Waals surface area contributed by atoms with Gasteiger partial charge in [-0.3, -0.25) is 0 Å². The Labute approximate surface area is 349 Å². The molecule has 280 valence electrons. The lowest BCUT2D eigenvalue weighted by Crippen LogP contribution is -2.10. The number of hydrogen-bond acceptors (Lipinski definition) is 3. The van der Waals surface area contributed by atoms with Crippen LogP contribution in [0, 0.1) is 0 Å². The zero-order chi connectivity index (χ0) is 39.3. The molecule has 3 aromatic heterocycles. The third-order valence-corrected chi connectivity index (χ3v) is 13.5. The van der Waals surface area contributed by atoms with Crippen molar-refractivity contribution in [2.75, 3.05) is 4.90 Å². The van der Waals surface area contributed by atoms with Crippen LogP contribution in [0.5, 0.6) is 0 Å². The molecule has 0 saturated carbocycles. The van der Waals surface area contributed by atoms with Crippen LogP contribution in [0.1, 0.15) is 0 Å². The molecule has 0 atom stereocenters. The summed E-state index contributed by atoms with van der Waals surface area (Å²) in [6, 6.07) is 74.9. The summed E-state index contributed by atoms with van der Waals surface area (Å²) < 4.78 is 11.8. The fraction of sp³-hybridized carbons (Fsp3) is 0. The first-order chi connectivity index (χ1) is 29.8. The van der Waals surface area contributed by atoms with Gasteiger partial charge in [-0.1, -0.05) is 133 Å². The summed E-state index contributed by atoms with van der Waals surface area (Å²) in [5.41, 5.74) is 10.8. The van der Waals surface area contributed by atoms with E-state index in [1.807, 2.05) is 11.3 Å². The van der Waals surface area contributed by atoms with Crippen LogP contribution in [0.15, 0.2) is 211 Å². The van der Waals surface area contributed by atoms with Crippen LogP contribution in [-0.4, -0.2) is 4.57 Å².